The smallest absolute Gasteiger partial charge is 0.129 e. The summed E-state index contributed by atoms with van der Waals surface area (Å²) in [5.74, 6) is 0.385. The number of pyridine rings is 1. The lowest BCUT2D eigenvalue weighted by atomic mass is 9.68. The first kappa shape index (κ1) is 14.3. The average molecular weight is 264 g/mol. The number of methoxy groups -OCH3 is 1. The molecule has 0 spiro atoms. The first-order valence-electron chi connectivity index (χ1n) is 6.84. The predicted octanol–water partition coefficient (Wildman–Crippen LogP) is 2.68. The van der Waals surface area contributed by atoms with Gasteiger partial charge in [-0.05, 0) is 37.2 Å². The minimum Gasteiger partial charge on any atom is -0.385 e. The van der Waals surface area contributed by atoms with E-state index in [1.54, 1.807) is 19.4 Å². The molecule has 1 aliphatic rings. The van der Waals surface area contributed by atoms with Crippen LogP contribution in [-0.4, -0.2) is 22.8 Å². The second-order valence-electron chi connectivity index (χ2n) is 6.31. The molecule has 0 amide bonds. The second-order valence-corrected chi connectivity index (χ2v) is 6.31. The maximum absolute atomic E-state index is 10.7. The molecule has 0 saturated heterocycles. The maximum atomic E-state index is 10.7. The summed E-state index contributed by atoms with van der Waals surface area (Å²) in [7, 11) is 1.67. The van der Waals surface area contributed by atoms with Gasteiger partial charge in [-0.1, -0.05) is 19.9 Å². The second kappa shape index (κ2) is 5.10. The normalized spacial score (nSPS) is 22.9. The van der Waals surface area contributed by atoms with Gasteiger partial charge in [0.2, 0.25) is 0 Å². The van der Waals surface area contributed by atoms with Gasteiger partial charge in [-0.2, -0.15) is 0 Å². The van der Waals surface area contributed by atoms with Gasteiger partial charge in [-0.25, -0.2) is 4.98 Å². The van der Waals surface area contributed by atoms with Crippen LogP contribution < -0.4 is 5.73 Å². The van der Waals surface area contributed by atoms with Gasteiger partial charge in [0.05, 0.1) is 5.60 Å². The Morgan fingerprint density at radius 2 is 1.95 bits per heavy atom. The van der Waals surface area contributed by atoms with Crippen LogP contribution in [0.5, 0.6) is 0 Å². The zero-order valence-corrected chi connectivity index (χ0v) is 12.0. The molecule has 106 valence electrons. The van der Waals surface area contributed by atoms with Crippen molar-refractivity contribution in [1.29, 1.82) is 0 Å². The number of anilines is 1. The highest BCUT2D eigenvalue weighted by molar-refractivity contribution is 5.41. The van der Waals surface area contributed by atoms with E-state index in [1.165, 1.54) is 0 Å². The Morgan fingerprint density at radius 1 is 1.32 bits per heavy atom. The predicted molar refractivity (Wildman–Crippen MR) is 75.6 cm³/mol. The maximum Gasteiger partial charge on any atom is 0.129 e. The molecule has 19 heavy (non-hydrogen) atoms. The highest BCUT2D eigenvalue weighted by atomic mass is 16.5. The van der Waals surface area contributed by atoms with E-state index in [-0.39, 0.29) is 0 Å². The van der Waals surface area contributed by atoms with Crippen LogP contribution in [0.3, 0.4) is 0 Å². The minimum absolute atomic E-state index is 0.322. The van der Waals surface area contributed by atoms with Gasteiger partial charge >= 0.3 is 0 Å². The first-order valence-corrected chi connectivity index (χ1v) is 6.84. The molecule has 1 saturated carbocycles. The molecule has 0 aliphatic heterocycles. The van der Waals surface area contributed by atoms with Crippen molar-refractivity contribution in [3.8, 4) is 0 Å². The van der Waals surface area contributed by atoms with Crippen molar-refractivity contribution in [2.24, 2.45) is 5.41 Å². The number of aliphatic hydroxyl groups excluding tert-OH is 1. The van der Waals surface area contributed by atoms with E-state index in [1.807, 2.05) is 6.07 Å². The Hall–Kier alpha value is -1.13. The number of nitrogen functional groups attached to an aromatic ring is 1. The highest BCUT2D eigenvalue weighted by Crippen LogP contribution is 2.47. The van der Waals surface area contributed by atoms with Gasteiger partial charge in [0, 0.05) is 18.9 Å². The summed E-state index contributed by atoms with van der Waals surface area (Å²) in [5.41, 5.74) is 6.33. The van der Waals surface area contributed by atoms with Gasteiger partial charge in [-0.15, -0.1) is 0 Å². The molecular weight excluding hydrogens is 240 g/mol. The first-order chi connectivity index (χ1) is 8.90. The summed E-state index contributed by atoms with van der Waals surface area (Å²) >= 11 is 0. The molecule has 1 heterocycles. The third-order valence-electron chi connectivity index (χ3n) is 4.52. The van der Waals surface area contributed by atoms with Crippen LogP contribution in [-0.2, 0) is 4.74 Å². The zero-order valence-electron chi connectivity index (χ0n) is 12.0. The third-order valence-corrected chi connectivity index (χ3v) is 4.52. The summed E-state index contributed by atoms with van der Waals surface area (Å²) < 4.78 is 5.71. The lowest BCUT2D eigenvalue weighted by Gasteiger charge is -2.45. The van der Waals surface area contributed by atoms with Crippen molar-refractivity contribution >= 4 is 5.82 Å². The van der Waals surface area contributed by atoms with E-state index in [4.69, 9.17) is 10.5 Å². The highest BCUT2D eigenvalue weighted by Gasteiger charge is 2.44. The molecule has 1 atom stereocenters. The number of aliphatic hydroxyl groups is 1. The van der Waals surface area contributed by atoms with Gasteiger partial charge in [-0.3, -0.25) is 0 Å². The molecule has 4 nitrogen and oxygen atoms in total. The Labute approximate surface area is 115 Å². The SMILES string of the molecule is COC1(C(O)c2cccnc2N)CCC(C)(C)CC1. The molecule has 4 heteroatoms. The summed E-state index contributed by atoms with van der Waals surface area (Å²) in [6.45, 7) is 4.52. The van der Waals surface area contributed by atoms with Crippen LogP contribution in [0.25, 0.3) is 0 Å². The Morgan fingerprint density at radius 3 is 2.47 bits per heavy atom. The molecule has 1 aliphatic carbocycles. The van der Waals surface area contributed by atoms with Gasteiger partial charge in [0.1, 0.15) is 11.9 Å². The van der Waals surface area contributed by atoms with Crippen LogP contribution in [0.1, 0.15) is 51.2 Å². The number of hydrogen-bond donors (Lipinski definition) is 2. The average Bonchev–Trinajstić information content (AvgIpc) is 2.39. The van der Waals surface area contributed by atoms with Crippen molar-refractivity contribution < 1.29 is 9.84 Å². The molecule has 1 unspecified atom stereocenters. The Bertz CT molecular complexity index is 436. The molecule has 0 radical (unpaired) electrons. The summed E-state index contributed by atoms with van der Waals surface area (Å²) in [6, 6.07) is 3.62. The summed E-state index contributed by atoms with van der Waals surface area (Å²) in [4.78, 5) is 4.05. The number of hydrogen-bond acceptors (Lipinski definition) is 4. The minimum atomic E-state index is -0.720. The lowest BCUT2D eigenvalue weighted by Crippen LogP contribution is -2.44. The van der Waals surface area contributed by atoms with E-state index in [9.17, 15) is 5.11 Å². The Balaban J connectivity index is 2.25. The molecule has 3 N–H and O–H groups in total. The van der Waals surface area contributed by atoms with Crippen molar-refractivity contribution in [2.75, 3.05) is 12.8 Å². The molecule has 1 aromatic heterocycles. The van der Waals surface area contributed by atoms with Crippen molar-refractivity contribution in [3.05, 3.63) is 23.9 Å². The molecule has 2 rings (SSSR count). The fraction of sp³-hybridized carbons (Fsp3) is 0.667. The standard InChI is InChI=1S/C15H24N2O2/c1-14(2)6-8-15(19-3,9-7-14)12(18)11-5-4-10-17-13(11)16/h4-5,10,12,18H,6-9H2,1-3H3,(H2,16,17). The number of rotatable bonds is 3. The molecule has 1 aromatic rings. The molecule has 1 fully saturated rings. The van der Waals surface area contributed by atoms with Crippen LogP contribution in [0.15, 0.2) is 18.3 Å². The zero-order chi connectivity index (χ0) is 14.1. The van der Waals surface area contributed by atoms with Gasteiger partial charge < -0.3 is 15.6 Å². The molecular formula is C15H24N2O2. The third kappa shape index (κ3) is 2.74. The van der Waals surface area contributed by atoms with Crippen LogP contribution in [0.4, 0.5) is 5.82 Å². The largest absolute Gasteiger partial charge is 0.385 e. The van der Waals surface area contributed by atoms with Crippen molar-refractivity contribution in [2.45, 2.75) is 51.2 Å². The van der Waals surface area contributed by atoms with E-state index in [2.05, 4.69) is 18.8 Å². The van der Waals surface area contributed by atoms with Crippen LogP contribution in [0, 0.1) is 5.41 Å². The van der Waals surface area contributed by atoms with Crippen LogP contribution in [0.2, 0.25) is 0 Å². The quantitative estimate of drug-likeness (QED) is 0.880. The van der Waals surface area contributed by atoms with Gasteiger partial charge in [0.15, 0.2) is 0 Å². The number of nitrogens with two attached hydrogens (primary N) is 1. The number of ether oxygens (including phenoxy) is 1. The summed E-state index contributed by atoms with van der Waals surface area (Å²) in [6.07, 6.45) is 4.67. The lowest BCUT2D eigenvalue weighted by molar-refractivity contribution is -0.138. The number of nitrogens with zero attached hydrogens (tertiary/aromatic N) is 1. The fourth-order valence-electron chi connectivity index (χ4n) is 2.88. The number of aromatic nitrogens is 1. The summed E-state index contributed by atoms with van der Waals surface area (Å²) in [5, 5.41) is 10.7. The van der Waals surface area contributed by atoms with E-state index >= 15 is 0 Å². The molecule has 0 bridgehead atoms. The van der Waals surface area contributed by atoms with E-state index < -0.39 is 11.7 Å². The topological polar surface area (TPSA) is 68.4 Å². The van der Waals surface area contributed by atoms with Crippen molar-refractivity contribution in [1.82, 2.24) is 4.98 Å². The van der Waals surface area contributed by atoms with Crippen molar-refractivity contribution in [3.63, 3.8) is 0 Å². The fourth-order valence-corrected chi connectivity index (χ4v) is 2.88. The molecule has 0 aromatic carbocycles. The van der Waals surface area contributed by atoms with Gasteiger partial charge in [0.25, 0.3) is 0 Å². The Kier molecular flexibility index (Phi) is 3.83. The monoisotopic (exact) mass is 264 g/mol. The van der Waals surface area contributed by atoms with E-state index in [0.29, 0.717) is 16.8 Å². The van der Waals surface area contributed by atoms with Crippen LogP contribution >= 0.6 is 0 Å². The van der Waals surface area contributed by atoms with E-state index in [0.717, 1.165) is 25.7 Å².